The molecule has 7 aromatic carbocycles. The molecule has 2 heterocycles. The summed E-state index contributed by atoms with van der Waals surface area (Å²) in [5.74, 6) is 0.404. The molecule has 0 unspecified atom stereocenters. The van der Waals surface area contributed by atoms with E-state index < -0.39 is 12.1 Å². The Morgan fingerprint density at radius 2 is 1.11 bits per heavy atom. The number of aromatic nitrogens is 2. The number of halogens is 2. The van der Waals surface area contributed by atoms with Crippen LogP contribution in [0.2, 0.25) is 0 Å². The molecule has 0 aliphatic rings. The molecule has 0 aliphatic heterocycles. The molecular weight excluding hydrogens is 817 g/mol. The summed E-state index contributed by atoms with van der Waals surface area (Å²) in [7, 11) is 0. The Bertz CT molecular complexity index is 3140. The van der Waals surface area contributed by atoms with E-state index in [9.17, 15) is 23.2 Å². The van der Waals surface area contributed by atoms with Gasteiger partial charge in [-0.2, -0.15) is 8.78 Å². The summed E-state index contributed by atoms with van der Waals surface area (Å²) in [6.07, 6.45) is 0.782. The van der Waals surface area contributed by atoms with Crippen LogP contribution in [0.5, 0.6) is 5.75 Å². The third kappa shape index (κ3) is 9.85. The van der Waals surface area contributed by atoms with Crippen molar-refractivity contribution in [3.05, 3.63) is 205 Å². The van der Waals surface area contributed by atoms with Crippen LogP contribution in [0.3, 0.4) is 0 Å². The summed E-state index contributed by atoms with van der Waals surface area (Å²) in [5, 5.41) is 4.69. The number of para-hydroxylation sites is 2. The largest absolute Gasteiger partial charge is 0.433 e. The maximum absolute atomic E-state index is 13.4. The van der Waals surface area contributed by atoms with Crippen LogP contribution in [0.15, 0.2) is 188 Å². The van der Waals surface area contributed by atoms with Crippen molar-refractivity contribution in [3.8, 4) is 39.1 Å². The number of ketones is 1. The van der Waals surface area contributed by atoms with Crippen LogP contribution in [0.4, 0.5) is 19.3 Å². The SMILES string of the molecule is CC(=O)c1ccccc1-c1cn(C(=O)Nc2ccc(OC(C)(F)F)cc2)c2ccccc12.CC(C)c1ccccc1-c1cn(C(=O)Cc2ccc(-c3ccccc3)cc2)c2ccccc12. The Morgan fingerprint density at radius 3 is 1.74 bits per heavy atom. The third-order valence-electron chi connectivity index (χ3n) is 11.2. The zero-order valence-electron chi connectivity index (χ0n) is 36.5. The molecule has 0 saturated carbocycles. The summed E-state index contributed by atoms with van der Waals surface area (Å²) in [5.41, 5.74) is 11.1. The molecule has 0 saturated heterocycles. The maximum Gasteiger partial charge on any atom is 0.394 e. The molecule has 0 bridgehead atoms. The number of hydrogen-bond donors (Lipinski definition) is 1. The van der Waals surface area contributed by atoms with Gasteiger partial charge in [0, 0.05) is 52.5 Å². The molecule has 1 N–H and O–H groups in total. The highest BCUT2D eigenvalue weighted by Gasteiger charge is 2.23. The molecule has 0 atom stereocenters. The maximum atomic E-state index is 13.4. The molecule has 0 aliphatic carbocycles. The van der Waals surface area contributed by atoms with E-state index in [0.717, 1.165) is 44.1 Å². The quantitative estimate of drug-likeness (QED) is 0.139. The number of alkyl halides is 2. The summed E-state index contributed by atoms with van der Waals surface area (Å²) >= 11 is 0. The Hall–Kier alpha value is -7.91. The van der Waals surface area contributed by atoms with Crippen molar-refractivity contribution in [2.24, 2.45) is 0 Å². The molecule has 9 aromatic rings. The smallest absolute Gasteiger partial charge is 0.394 e. The van der Waals surface area contributed by atoms with Crippen LogP contribution in [-0.4, -0.2) is 33.0 Å². The lowest BCUT2D eigenvalue weighted by atomic mass is 9.92. The molecule has 0 fully saturated rings. The molecule has 9 rings (SSSR count). The Morgan fingerprint density at radius 1 is 0.585 bits per heavy atom. The second kappa shape index (κ2) is 18.8. The number of amides is 1. The first-order chi connectivity index (χ1) is 31.3. The Kier molecular flexibility index (Phi) is 12.7. The molecule has 1 amide bonds. The van der Waals surface area contributed by atoms with Gasteiger partial charge >= 0.3 is 12.1 Å². The van der Waals surface area contributed by atoms with E-state index in [1.165, 1.54) is 52.4 Å². The zero-order chi connectivity index (χ0) is 45.7. The van der Waals surface area contributed by atoms with Crippen LogP contribution in [0.25, 0.3) is 55.2 Å². The lowest BCUT2D eigenvalue weighted by molar-refractivity contribution is -0.158. The third-order valence-corrected chi connectivity index (χ3v) is 11.2. The van der Waals surface area contributed by atoms with Gasteiger partial charge in [0.05, 0.1) is 17.5 Å². The summed E-state index contributed by atoms with van der Waals surface area (Å²) in [4.78, 5) is 38.6. The number of carbonyl (C=O) groups excluding carboxylic acids is 3. The van der Waals surface area contributed by atoms with Gasteiger partial charge < -0.3 is 10.1 Å². The molecule has 0 spiro atoms. The average molecular weight is 864 g/mol. The highest BCUT2D eigenvalue weighted by atomic mass is 19.3. The van der Waals surface area contributed by atoms with Gasteiger partial charge in [-0.1, -0.05) is 153 Å². The van der Waals surface area contributed by atoms with Gasteiger partial charge in [-0.05, 0) is 82.6 Å². The van der Waals surface area contributed by atoms with Crippen molar-refractivity contribution in [2.45, 2.75) is 46.1 Å². The minimum atomic E-state index is -3.29. The minimum absolute atomic E-state index is 0.00922. The van der Waals surface area contributed by atoms with E-state index in [-0.39, 0.29) is 17.4 Å². The number of ether oxygens (including phenoxy) is 1. The van der Waals surface area contributed by atoms with Crippen molar-refractivity contribution >= 4 is 45.2 Å². The second-order valence-corrected chi connectivity index (χ2v) is 16.2. The standard InChI is InChI=1S/C31H27NO.C25H20F2N2O3/c1-22(2)26-12-6-7-13-27(26)29-21-32(30-15-9-8-14-28(29)30)31(33)20-23-16-18-25(19-17-23)24-10-4-3-5-11-24;1-16(30)19-7-3-4-8-20(19)22-15-29(23-10-6-5-9-21(22)23)24(31)28-17-11-13-18(14-12-17)32-25(2,26)27/h3-19,21-22H,20H2,1-2H3;3-15H,1-2H3,(H,28,31). The van der Waals surface area contributed by atoms with Gasteiger partial charge in [-0.3, -0.25) is 18.7 Å². The molecule has 7 nitrogen and oxygen atoms in total. The number of Topliss-reactive ketones (excluding diaryl/α,β-unsaturated/α-hetero) is 1. The van der Waals surface area contributed by atoms with Gasteiger partial charge in [-0.25, -0.2) is 4.79 Å². The number of rotatable bonds is 10. The van der Waals surface area contributed by atoms with E-state index in [1.807, 2.05) is 83.6 Å². The molecule has 0 radical (unpaired) electrons. The summed E-state index contributed by atoms with van der Waals surface area (Å²) in [6, 6.07) is 55.2. The van der Waals surface area contributed by atoms with Crippen molar-refractivity contribution in [3.63, 3.8) is 0 Å². The molecule has 2 aromatic heterocycles. The predicted octanol–water partition coefficient (Wildman–Crippen LogP) is 14.6. The Labute approximate surface area is 376 Å². The van der Waals surface area contributed by atoms with Crippen LogP contribution >= 0.6 is 0 Å². The van der Waals surface area contributed by atoms with Crippen LogP contribution in [-0.2, 0) is 6.42 Å². The van der Waals surface area contributed by atoms with Gasteiger partial charge in [0.2, 0.25) is 5.91 Å². The first kappa shape index (κ1) is 43.7. The number of carbonyl (C=O) groups is 3. The number of nitrogens with zero attached hydrogens (tertiary/aromatic N) is 2. The highest BCUT2D eigenvalue weighted by Crippen LogP contribution is 2.37. The van der Waals surface area contributed by atoms with E-state index >= 15 is 0 Å². The number of anilines is 1. The van der Waals surface area contributed by atoms with Gasteiger partial charge in [-0.15, -0.1) is 0 Å². The number of benzene rings is 7. The lowest BCUT2D eigenvalue weighted by Gasteiger charge is -2.13. The summed E-state index contributed by atoms with van der Waals surface area (Å²) in [6.45, 7) is 6.58. The topological polar surface area (TPSA) is 82.3 Å². The van der Waals surface area contributed by atoms with Crippen molar-refractivity contribution in [2.75, 3.05) is 5.32 Å². The fourth-order valence-electron chi connectivity index (χ4n) is 8.14. The fourth-order valence-corrected chi connectivity index (χ4v) is 8.14. The molecule has 324 valence electrons. The predicted molar refractivity (Wildman–Crippen MR) is 257 cm³/mol. The highest BCUT2D eigenvalue weighted by molar-refractivity contribution is 6.09. The van der Waals surface area contributed by atoms with E-state index in [0.29, 0.717) is 36.0 Å². The van der Waals surface area contributed by atoms with E-state index in [4.69, 9.17) is 0 Å². The second-order valence-electron chi connectivity index (χ2n) is 16.2. The van der Waals surface area contributed by atoms with Crippen LogP contribution < -0.4 is 10.1 Å². The minimum Gasteiger partial charge on any atom is -0.433 e. The molecular formula is C56H47F2N3O4. The normalized spacial score (nSPS) is 11.3. The van der Waals surface area contributed by atoms with Crippen LogP contribution in [0, 0.1) is 0 Å². The van der Waals surface area contributed by atoms with Crippen LogP contribution in [0.1, 0.15) is 59.9 Å². The average Bonchev–Trinajstić information content (AvgIpc) is 3.90. The van der Waals surface area contributed by atoms with E-state index in [2.05, 4.69) is 90.6 Å². The van der Waals surface area contributed by atoms with Crippen molar-refractivity contribution < 1.29 is 27.9 Å². The Balaban J connectivity index is 0.000000177. The number of hydrogen-bond acceptors (Lipinski definition) is 4. The monoisotopic (exact) mass is 863 g/mol. The zero-order valence-corrected chi connectivity index (χ0v) is 36.5. The molecule has 9 heteroatoms. The van der Waals surface area contributed by atoms with Crippen molar-refractivity contribution in [1.29, 1.82) is 0 Å². The molecule has 65 heavy (non-hydrogen) atoms. The van der Waals surface area contributed by atoms with E-state index in [1.54, 1.807) is 18.3 Å². The van der Waals surface area contributed by atoms with Gasteiger partial charge in [0.15, 0.2) is 5.78 Å². The number of fused-ring (bicyclic) bond motifs is 2. The lowest BCUT2D eigenvalue weighted by Crippen LogP contribution is -2.19. The first-order valence-electron chi connectivity index (χ1n) is 21.4. The first-order valence-corrected chi connectivity index (χ1v) is 21.4. The van der Waals surface area contributed by atoms with Gasteiger partial charge in [0.25, 0.3) is 0 Å². The van der Waals surface area contributed by atoms with Gasteiger partial charge in [0.1, 0.15) is 5.75 Å². The number of nitrogens with one attached hydrogen (secondary N) is 1. The summed E-state index contributed by atoms with van der Waals surface area (Å²) < 4.78 is 33.8. The van der Waals surface area contributed by atoms with Crippen molar-refractivity contribution in [1.82, 2.24) is 9.13 Å². The fraction of sp³-hybridized carbons (Fsp3) is 0.125.